The number of rotatable bonds is 4. The fourth-order valence-corrected chi connectivity index (χ4v) is 2.83. The minimum Gasteiger partial charge on any atom is -0.368 e. The molecule has 1 fully saturated rings. The van der Waals surface area contributed by atoms with Crippen molar-refractivity contribution in [2.24, 2.45) is 5.73 Å². The molecule has 10 heteroatoms. The summed E-state index contributed by atoms with van der Waals surface area (Å²) < 4.78 is 40.3. The van der Waals surface area contributed by atoms with Crippen LogP contribution >= 0.6 is 0 Å². The molecule has 2 rings (SSSR count). The number of anilines is 1. The fraction of sp³-hybridized carbons (Fsp3) is 0.562. The highest BCUT2D eigenvalue weighted by Crippen LogP contribution is 2.36. The number of carbonyl (C=O) groups is 2. The monoisotopic (exact) mass is 373 g/mol. The van der Waals surface area contributed by atoms with E-state index in [4.69, 9.17) is 5.73 Å². The topological polar surface area (TPSA) is 91.6 Å². The number of pyridine rings is 1. The van der Waals surface area contributed by atoms with Gasteiger partial charge < -0.3 is 16.0 Å². The Hall–Kier alpha value is -2.36. The number of halogens is 3. The molecule has 1 saturated heterocycles. The molecule has 0 aliphatic carbocycles. The lowest BCUT2D eigenvalue weighted by molar-refractivity contribution is -0.140. The maximum atomic E-state index is 13.4. The van der Waals surface area contributed by atoms with Gasteiger partial charge in [-0.25, -0.2) is 4.98 Å². The van der Waals surface area contributed by atoms with Gasteiger partial charge in [0.05, 0.1) is 11.2 Å². The van der Waals surface area contributed by atoms with Gasteiger partial charge in [0.2, 0.25) is 5.91 Å². The van der Waals surface area contributed by atoms with Crippen molar-refractivity contribution >= 4 is 17.5 Å². The second kappa shape index (κ2) is 7.10. The van der Waals surface area contributed by atoms with Crippen LogP contribution in [-0.2, 0) is 11.0 Å². The normalized spacial score (nSPS) is 16.5. The van der Waals surface area contributed by atoms with E-state index in [2.05, 4.69) is 10.3 Å². The second-order valence-corrected chi connectivity index (χ2v) is 6.54. The van der Waals surface area contributed by atoms with Crippen LogP contribution < -0.4 is 16.0 Å². The summed E-state index contributed by atoms with van der Waals surface area (Å²) in [5.74, 6) is -1.17. The number of hydrogen-bond donors (Lipinski definition) is 2. The largest absolute Gasteiger partial charge is 0.435 e. The first-order chi connectivity index (χ1) is 12.0. The van der Waals surface area contributed by atoms with Crippen molar-refractivity contribution in [1.82, 2.24) is 15.2 Å². The average molecular weight is 373 g/mol. The number of alkyl halides is 3. The van der Waals surface area contributed by atoms with E-state index in [1.54, 1.807) is 18.7 Å². The first-order valence-electron chi connectivity index (χ1n) is 8.08. The van der Waals surface area contributed by atoms with Gasteiger partial charge in [0.1, 0.15) is 5.69 Å². The van der Waals surface area contributed by atoms with Gasteiger partial charge in [0, 0.05) is 33.2 Å². The predicted octanol–water partition coefficient (Wildman–Crippen LogP) is 0.846. The molecule has 0 atom stereocenters. The van der Waals surface area contributed by atoms with Crippen molar-refractivity contribution < 1.29 is 22.8 Å². The quantitative estimate of drug-likeness (QED) is 0.816. The molecule has 0 bridgehead atoms. The summed E-state index contributed by atoms with van der Waals surface area (Å²) in [6.45, 7) is 4.69. The minimum absolute atomic E-state index is 0.0818. The highest BCUT2D eigenvalue weighted by molar-refractivity contribution is 5.92. The molecular weight excluding hydrogens is 351 g/mol. The van der Waals surface area contributed by atoms with Gasteiger partial charge in [-0.1, -0.05) is 0 Å². The molecule has 0 unspecified atom stereocenters. The molecule has 0 spiro atoms. The van der Waals surface area contributed by atoms with Crippen LogP contribution in [0.1, 0.15) is 30.0 Å². The van der Waals surface area contributed by atoms with Crippen molar-refractivity contribution in [3.63, 3.8) is 0 Å². The molecule has 0 saturated carbocycles. The first-order valence-corrected chi connectivity index (χ1v) is 8.08. The zero-order chi connectivity index (χ0) is 19.7. The van der Waals surface area contributed by atoms with E-state index in [0.717, 1.165) is 0 Å². The molecule has 1 aliphatic heterocycles. The van der Waals surface area contributed by atoms with E-state index in [0.29, 0.717) is 13.1 Å². The Balaban J connectivity index is 2.27. The lowest BCUT2D eigenvalue weighted by Crippen LogP contribution is -2.59. The third-order valence-electron chi connectivity index (χ3n) is 4.62. The number of carbonyl (C=O) groups excluding carboxylic acids is 2. The van der Waals surface area contributed by atoms with Gasteiger partial charge in [-0.05, 0) is 26.0 Å². The summed E-state index contributed by atoms with van der Waals surface area (Å²) in [6, 6.07) is 2.53. The summed E-state index contributed by atoms with van der Waals surface area (Å²) in [4.78, 5) is 30.1. The van der Waals surface area contributed by atoms with E-state index in [-0.39, 0.29) is 24.5 Å². The smallest absolute Gasteiger partial charge is 0.368 e. The van der Waals surface area contributed by atoms with E-state index in [9.17, 15) is 22.8 Å². The van der Waals surface area contributed by atoms with E-state index >= 15 is 0 Å². The summed E-state index contributed by atoms with van der Waals surface area (Å²) >= 11 is 0. The Morgan fingerprint density at radius 1 is 1.15 bits per heavy atom. The molecule has 144 valence electrons. The average Bonchev–Trinajstić information content (AvgIpc) is 2.59. The first kappa shape index (κ1) is 20.0. The van der Waals surface area contributed by atoms with Crippen molar-refractivity contribution in [1.29, 1.82) is 0 Å². The number of piperazine rings is 1. The Morgan fingerprint density at radius 3 is 2.19 bits per heavy atom. The summed E-state index contributed by atoms with van der Waals surface area (Å²) in [6.07, 6.45) is -4.69. The van der Waals surface area contributed by atoms with Gasteiger partial charge in [-0.2, -0.15) is 13.2 Å². The maximum absolute atomic E-state index is 13.4. The zero-order valence-corrected chi connectivity index (χ0v) is 14.9. The number of amides is 2. The Bertz CT molecular complexity index is 698. The summed E-state index contributed by atoms with van der Waals surface area (Å²) in [7, 11) is 1.32. The fourth-order valence-electron chi connectivity index (χ4n) is 2.83. The molecule has 2 heterocycles. The molecule has 2 amide bonds. The minimum atomic E-state index is -4.69. The highest BCUT2D eigenvalue weighted by Gasteiger charge is 2.40. The van der Waals surface area contributed by atoms with Gasteiger partial charge in [-0.3, -0.25) is 14.5 Å². The van der Waals surface area contributed by atoms with Gasteiger partial charge in [-0.15, -0.1) is 0 Å². The predicted molar refractivity (Wildman–Crippen MR) is 89.7 cm³/mol. The molecule has 1 aliphatic rings. The molecule has 1 aromatic heterocycles. The number of nitrogens with two attached hydrogens (primary N) is 1. The lowest BCUT2D eigenvalue weighted by atomic mass is 10.0. The maximum Gasteiger partial charge on any atom is 0.435 e. The van der Waals surface area contributed by atoms with Crippen LogP contribution in [0.25, 0.3) is 0 Å². The van der Waals surface area contributed by atoms with Gasteiger partial charge >= 0.3 is 6.18 Å². The van der Waals surface area contributed by atoms with Crippen LogP contribution in [0.4, 0.5) is 18.9 Å². The number of aromatic nitrogens is 1. The third kappa shape index (κ3) is 3.90. The van der Waals surface area contributed by atoms with E-state index in [1.807, 2.05) is 4.90 Å². The highest BCUT2D eigenvalue weighted by atomic mass is 19.4. The van der Waals surface area contributed by atoms with Crippen molar-refractivity contribution in [3.05, 3.63) is 23.5 Å². The molecule has 0 aromatic carbocycles. The van der Waals surface area contributed by atoms with Crippen LogP contribution in [0.3, 0.4) is 0 Å². The Labute approximate surface area is 149 Å². The number of nitrogens with zero attached hydrogens (tertiary/aromatic N) is 3. The molecule has 3 N–H and O–H groups in total. The van der Waals surface area contributed by atoms with E-state index in [1.165, 1.54) is 19.2 Å². The van der Waals surface area contributed by atoms with Crippen molar-refractivity contribution in [2.45, 2.75) is 25.6 Å². The second-order valence-electron chi connectivity index (χ2n) is 6.54. The van der Waals surface area contributed by atoms with E-state index < -0.39 is 29.2 Å². The molecule has 1 aromatic rings. The van der Waals surface area contributed by atoms with Crippen molar-refractivity contribution in [2.75, 3.05) is 38.1 Å². The van der Waals surface area contributed by atoms with Gasteiger partial charge in [0.25, 0.3) is 5.91 Å². The Morgan fingerprint density at radius 2 is 1.73 bits per heavy atom. The number of nitrogens with one attached hydrogen (secondary N) is 1. The van der Waals surface area contributed by atoms with Crippen LogP contribution in [0, 0.1) is 0 Å². The number of hydrogen-bond acceptors (Lipinski definition) is 5. The van der Waals surface area contributed by atoms with Crippen LogP contribution in [-0.4, -0.2) is 60.5 Å². The third-order valence-corrected chi connectivity index (χ3v) is 4.62. The van der Waals surface area contributed by atoms with Crippen LogP contribution in [0.5, 0.6) is 0 Å². The molecular formula is C16H22F3N5O2. The summed E-state index contributed by atoms with van der Waals surface area (Å²) in [5.41, 5.74) is 3.05. The van der Waals surface area contributed by atoms with Crippen LogP contribution in [0.2, 0.25) is 0 Å². The zero-order valence-electron chi connectivity index (χ0n) is 14.9. The van der Waals surface area contributed by atoms with Crippen molar-refractivity contribution in [3.8, 4) is 0 Å². The molecule has 26 heavy (non-hydrogen) atoms. The lowest BCUT2D eigenvalue weighted by Gasteiger charge is -2.43. The molecule has 7 nitrogen and oxygen atoms in total. The molecule has 0 radical (unpaired) electrons. The van der Waals surface area contributed by atoms with Crippen LogP contribution in [0.15, 0.2) is 12.1 Å². The Kier molecular flexibility index (Phi) is 5.45. The number of primary amides is 1. The van der Waals surface area contributed by atoms with Gasteiger partial charge in [0.15, 0.2) is 5.69 Å². The SMILES string of the molecule is CNC(=O)c1ccc(N2CCN(C(C)(C)C(N)=O)CC2)c(C(F)(F)F)n1. The summed E-state index contributed by atoms with van der Waals surface area (Å²) in [5, 5.41) is 2.26. The standard InChI is InChI=1S/C16H22F3N5O2/c1-15(2,14(20)26)24-8-6-23(7-9-24)11-5-4-10(13(25)21-3)22-12(11)16(17,18)19/h4-5H,6-9H2,1-3H3,(H2,20,26)(H,21,25).